The standard InChI is InChI=1S/C14H20N4O/c1-2-15-14-17-9-12(10-18-14)13(19)16-8-11-6-4-3-5-7-11/h6,9-10H,2-5,7-8H2,1H3,(H,16,19)(H,15,17,18). The lowest BCUT2D eigenvalue weighted by Gasteiger charge is -2.13. The van der Waals surface area contributed by atoms with Gasteiger partial charge in [-0.3, -0.25) is 4.79 Å². The fraction of sp³-hybridized carbons (Fsp3) is 0.500. The molecule has 19 heavy (non-hydrogen) atoms. The number of carbonyl (C=O) groups is 1. The fourth-order valence-electron chi connectivity index (χ4n) is 2.06. The van der Waals surface area contributed by atoms with E-state index >= 15 is 0 Å². The molecule has 0 radical (unpaired) electrons. The number of amides is 1. The molecule has 1 heterocycles. The number of nitrogens with zero attached hydrogens (tertiary/aromatic N) is 2. The molecule has 0 saturated carbocycles. The molecular weight excluding hydrogens is 240 g/mol. The molecule has 0 spiro atoms. The third-order valence-electron chi connectivity index (χ3n) is 3.11. The Hall–Kier alpha value is -1.91. The van der Waals surface area contributed by atoms with Crippen LogP contribution < -0.4 is 10.6 Å². The summed E-state index contributed by atoms with van der Waals surface area (Å²) in [5, 5.41) is 5.91. The lowest BCUT2D eigenvalue weighted by atomic mass is 10.00. The number of hydrogen-bond donors (Lipinski definition) is 2. The summed E-state index contributed by atoms with van der Waals surface area (Å²) < 4.78 is 0. The molecule has 0 saturated heterocycles. The molecule has 0 aromatic carbocycles. The molecule has 1 amide bonds. The summed E-state index contributed by atoms with van der Waals surface area (Å²) in [5.41, 5.74) is 1.82. The molecule has 0 atom stereocenters. The monoisotopic (exact) mass is 260 g/mol. The van der Waals surface area contributed by atoms with Crippen molar-refractivity contribution < 1.29 is 4.79 Å². The minimum absolute atomic E-state index is 0.116. The number of nitrogens with one attached hydrogen (secondary N) is 2. The topological polar surface area (TPSA) is 66.9 Å². The van der Waals surface area contributed by atoms with Gasteiger partial charge in [0.05, 0.1) is 5.56 Å². The summed E-state index contributed by atoms with van der Waals surface area (Å²) in [4.78, 5) is 20.1. The predicted octanol–water partition coefficient (Wildman–Crippen LogP) is 2.14. The van der Waals surface area contributed by atoms with Gasteiger partial charge in [0.2, 0.25) is 5.95 Å². The van der Waals surface area contributed by atoms with Gasteiger partial charge in [0.15, 0.2) is 0 Å². The Bertz CT molecular complexity index is 453. The summed E-state index contributed by atoms with van der Waals surface area (Å²) in [6.07, 6.45) is 10.0. The molecule has 0 unspecified atom stereocenters. The maximum atomic E-state index is 11.9. The molecule has 2 rings (SSSR count). The Balaban J connectivity index is 1.86. The van der Waals surface area contributed by atoms with Crippen LogP contribution in [0, 0.1) is 0 Å². The van der Waals surface area contributed by atoms with E-state index in [-0.39, 0.29) is 5.91 Å². The summed E-state index contributed by atoms with van der Waals surface area (Å²) in [7, 11) is 0. The van der Waals surface area contributed by atoms with Crippen LogP contribution in [-0.4, -0.2) is 29.0 Å². The molecule has 1 aliphatic rings. The highest BCUT2D eigenvalue weighted by Gasteiger charge is 2.09. The Labute approximate surface area is 113 Å². The number of hydrogen-bond acceptors (Lipinski definition) is 4. The average Bonchev–Trinajstić information content (AvgIpc) is 2.47. The maximum absolute atomic E-state index is 11.9. The van der Waals surface area contributed by atoms with Crippen molar-refractivity contribution in [2.24, 2.45) is 0 Å². The summed E-state index contributed by atoms with van der Waals surface area (Å²) in [6.45, 7) is 3.37. The number of anilines is 1. The van der Waals surface area contributed by atoms with Crippen molar-refractivity contribution in [2.45, 2.75) is 32.6 Å². The Morgan fingerprint density at radius 1 is 1.32 bits per heavy atom. The molecule has 1 aromatic rings. The van der Waals surface area contributed by atoms with Crippen molar-refractivity contribution in [1.82, 2.24) is 15.3 Å². The minimum Gasteiger partial charge on any atom is -0.355 e. The first-order chi connectivity index (χ1) is 9.29. The first-order valence-electron chi connectivity index (χ1n) is 6.81. The van der Waals surface area contributed by atoms with Gasteiger partial charge in [-0.1, -0.05) is 11.6 Å². The summed E-state index contributed by atoms with van der Waals surface area (Å²) in [6, 6.07) is 0. The zero-order valence-electron chi connectivity index (χ0n) is 11.3. The Kier molecular flexibility index (Phi) is 4.89. The van der Waals surface area contributed by atoms with Crippen molar-refractivity contribution >= 4 is 11.9 Å². The molecule has 102 valence electrons. The minimum atomic E-state index is -0.116. The highest BCUT2D eigenvalue weighted by molar-refractivity contribution is 5.93. The Morgan fingerprint density at radius 2 is 2.11 bits per heavy atom. The maximum Gasteiger partial charge on any atom is 0.254 e. The van der Waals surface area contributed by atoms with Crippen LogP contribution in [0.5, 0.6) is 0 Å². The fourth-order valence-corrected chi connectivity index (χ4v) is 2.06. The van der Waals surface area contributed by atoms with E-state index in [9.17, 15) is 4.79 Å². The second-order valence-corrected chi connectivity index (χ2v) is 4.62. The smallest absolute Gasteiger partial charge is 0.254 e. The first kappa shape index (κ1) is 13.5. The zero-order chi connectivity index (χ0) is 13.5. The van der Waals surface area contributed by atoms with Crippen molar-refractivity contribution in [2.75, 3.05) is 18.4 Å². The second-order valence-electron chi connectivity index (χ2n) is 4.62. The van der Waals surface area contributed by atoms with Gasteiger partial charge in [0, 0.05) is 25.5 Å². The van der Waals surface area contributed by atoms with Crippen molar-refractivity contribution in [3.05, 3.63) is 29.6 Å². The highest BCUT2D eigenvalue weighted by atomic mass is 16.1. The SMILES string of the molecule is CCNc1ncc(C(=O)NCC2=CCCCC2)cn1. The molecule has 0 fully saturated rings. The van der Waals surface area contributed by atoms with Crippen LogP contribution >= 0.6 is 0 Å². The number of aromatic nitrogens is 2. The van der Waals surface area contributed by atoms with Gasteiger partial charge in [0.1, 0.15) is 0 Å². The van der Waals surface area contributed by atoms with Crippen molar-refractivity contribution in [3.63, 3.8) is 0 Å². The molecule has 0 bridgehead atoms. The lowest BCUT2D eigenvalue weighted by Crippen LogP contribution is -2.26. The molecule has 1 aliphatic carbocycles. The van der Waals surface area contributed by atoms with E-state index < -0.39 is 0 Å². The van der Waals surface area contributed by atoms with Crippen LogP contribution in [0.4, 0.5) is 5.95 Å². The van der Waals surface area contributed by atoms with Crippen LogP contribution in [0.1, 0.15) is 43.0 Å². The molecule has 2 N–H and O–H groups in total. The second kappa shape index (κ2) is 6.87. The van der Waals surface area contributed by atoms with Crippen LogP contribution in [0.3, 0.4) is 0 Å². The number of allylic oxidation sites excluding steroid dienone is 1. The lowest BCUT2D eigenvalue weighted by molar-refractivity contribution is 0.0956. The van der Waals surface area contributed by atoms with E-state index in [0.29, 0.717) is 18.1 Å². The van der Waals surface area contributed by atoms with E-state index in [0.717, 1.165) is 19.4 Å². The van der Waals surface area contributed by atoms with Crippen LogP contribution in [-0.2, 0) is 0 Å². The largest absolute Gasteiger partial charge is 0.355 e. The normalized spacial score (nSPS) is 14.7. The van der Waals surface area contributed by atoms with E-state index in [1.807, 2.05) is 6.92 Å². The zero-order valence-corrected chi connectivity index (χ0v) is 11.3. The van der Waals surface area contributed by atoms with Crippen molar-refractivity contribution in [3.8, 4) is 0 Å². The quantitative estimate of drug-likeness (QED) is 0.796. The number of rotatable bonds is 5. The van der Waals surface area contributed by atoms with E-state index in [2.05, 4.69) is 26.7 Å². The van der Waals surface area contributed by atoms with E-state index in [4.69, 9.17) is 0 Å². The van der Waals surface area contributed by atoms with Crippen molar-refractivity contribution in [1.29, 1.82) is 0 Å². The number of carbonyl (C=O) groups excluding carboxylic acids is 1. The average molecular weight is 260 g/mol. The van der Waals surface area contributed by atoms with E-state index in [1.54, 1.807) is 12.4 Å². The summed E-state index contributed by atoms with van der Waals surface area (Å²) >= 11 is 0. The van der Waals surface area contributed by atoms with Gasteiger partial charge in [-0.05, 0) is 32.6 Å². The van der Waals surface area contributed by atoms with Gasteiger partial charge in [-0.25, -0.2) is 9.97 Å². The van der Waals surface area contributed by atoms with Gasteiger partial charge < -0.3 is 10.6 Å². The third kappa shape index (κ3) is 4.05. The van der Waals surface area contributed by atoms with E-state index in [1.165, 1.54) is 18.4 Å². The first-order valence-corrected chi connectivity index (χ1v) is 6.81. The van der Waals surface area contributed by atoms with Crippen LogP contribution in [0.2, 0.25) is 0 Å². The molecule has 1 aromatic heterocycles. The van der Waals surface area contributed by atoms with Gasteiger partial charge in [-0.15, -0.1) is 0 Å². The Morgan fingerprint density at radius 3 is 2.74 bits per heavy atom. The summed E-state index contributed by atoms with van der Waals surface area (Å²) in [5.74, 6) is 0.434. The molecule has 0 aliphatic heterocycles. The third-order valence-corrected chi connectivity index (χ3v) is 3.11. The van der Waals surface area contributed by atoms with Gasteiger partial charge in [-0.2, -0.15) is 0 Å². The predicted molar refractivity (Wildman–Crippen MR) is 75.1 cm³/mol. The highest BCUT2D eigenvalue weighted by Crippen LogP contribution is 2.16. The molecule has 5 heteroatoms. The van der Waals surface area contributed by atoms with Crippen LogP contribution in [0.25, 0.3) is 0 Å². The van der Waals surface area contributed by atoms with Gasteiger partial charge in [0.25, 0.3) is 5.91 Å². The van der Waals surface area contributed by atoms with Gasteiger partial charge >= 0.3 is 0 Å². The van der Waals surface area contributed by atoms with Crippen LogP contribution in [0.15, 0.2) is 24.0 Å². The molecule has 5 nitrogen and oxygen atoms in total. The molecular formula is C14H20N4O.